The SMILES string of the molecule is COCCN(CCO)Cc1ccc(C(N)=S)cc1F. The Kier molecular flexibility index (Phi) is 6.86. The number of hydrogen-bond acceptors (Lipinski definition) is 4. The molecular formula is C13H19FN2O2S. The van der Waals surface area contributed by atoms with Gasteiger partial charge in [0.05, 0.1) is 13.2 Å². The van der Waals surface area contributed by atoms with E-state index in [1.807, 2.05) is 4.90 Å². The highest BCUT2D eigenvalue weighted by Gasteiger charge is 2.10. The molecule has 0 radical (unpaired) electrons. The van der Waals surface area contributed by atoms with Crippen molar-refractivity contribution in [2.45, 2.75) is 6.54 Å². The highest BCUT2D eigenvalue weighted by atomic mass is 32.1. The van der Waals surface area contributed by atoms with Crippen LogP contribution in [-0.4, -0.2) is 48.4 Å². The average Bonchev–Trinajstić information content (AvgIpc) is 2.38. The average molecular weight is 286 g/mol. The Hall–Kier alpha value is -1.08. The van der Waals surface area contributed by atoms with Gasteiger partial charge in [-0.15, -0.1) is 0 Å². The number of methoxy groups -OCH3 is 1. The molecule has 19 heavy (non-hydrogen) atoms. The van der Waals surface area contributed by atoms with E-state index < -0.39 is 0 Å². The topological polar surface area (TPSA) is 58.7 Å². The van der Waals surface area contributed by atoms with Crippen molar-refractivity contribution in [1.29, 1.82) is 0 Å². The monoisotopic (exact) mass is 286 g/mol. The van der Waals surface area contributed by atoms with Gasteiger partial charge in [0.15, 0.2) is 0 Å². The molecule has 0 bridgehead atoms. The van der Waals surface area contributed by atoms with E-state index in [1.165, 1.54) is 6.07 Å². The number of halogens is 1. The first-order valence-corrected chi connectivity index (χ1v) is 6.39. The second kappa shape index (κ2) is 8.16. The number of nitrogens with two attached hydrogens (primary N) is 1. The summed E-state index contributed by atoms with van der Waals surface area (Å²) in [4.78, 5) is 2.10. The van der Waals surface area contributed by atoms with E-state index in [0.29, 0.717) is 37.4 Å². The summed E-state index contributed by atoms with van der Waals surface area (Å²) >= 11 is 4.80. The number of thiocarbonyl (C=S) groups is 1. The van der Waals surface area contributed by atoms with Crippen LogP contribution in [0.5, 0.6) is 0 Å². The van der Waals surface area contributed by atoms with Gasteiger partial charge in [-0.05, 0) is 6.07 Å². The zero-order valence-electron chi connectivity index (χ0n) is 10.9. The molecule has 4 nitrogen and oxygen atoms in total. The molecule has 0 heterocycles. The second-order valence-corrected chi connectivity index (χ2v) is 4.60. The van der Waals surface area contributed by atoms with Crippen molar-refractivity contribution < 1.29 is 14.2 Å². The maximum atomic E-state index is 13.9. The fraction of sp³-hybridized carbons (Fsp3) is 0.462. The van der Waals surface area contributed by atoms with Crippen LogP contribution < -0.4 is 5.73 Å². The van der Waals surface area contributed by atoms with Gasteiger partial charge in [0, 0.05) is 37.9 Å². The first kappa shape index (κ1) is 16.0. The van der Waals surface area contributed by atoms with Gasteiger partial charge >= 0.3 is 0 Å². The predicted molar refractivity (Wildman–Crippen MR) is 76.5 cm³/mol. The number of aliphatic hydroxyl groups excluding tert-OH is 1. The molecule has 0 aromatic heterocycles. The van der Waals surface area contributed by atoms with Crippen molar-refractivity contribution in [3.8, 4) is 0 Å². The summed E-state index contributed by atoms with van der Waals surface area (Å²) in [5, 5.41) is 8.99. The zero-order valence-corrected chi connectivity index (χ0v) is 11.8. The molecule has 106 valence electrons. The number of benzene rings is 1. The molecule has 1 rings (SSSR count). The lowest BCUT2D eigenvalue weighted by Gasteiger charge is -2.21. The number of rotatable bonds is 8. The molecule has 0 atom stereocenters. The highest BCUT2D eigenvalue weighted by molar-refractivity contribution is 7.80. The van der Waals surface area contributed by atoms with E-state index in [0.717, 1.165) is 0 Å². The Bertz CT molecular complexity index is 429. The Morgan fingerprint density at radius 3 is 2.74 bits per heavy atom. The third-order valence-electron chi connectivity index (χ3n) is 2.76. The first-order valence-electron chi connectivity index (χ1n) is 5.99. The van der Waals surface area contributed by atoms with E-state index in [2.05, 4.69) is 0 Å². The molecule has 1 aromatic carbocycles. The molecule has 0 spiro atoms. The van der Waals surface area contributed by atoms with Crippen molar-refractivity contribution in [3.05, 3.63) is 35.1 Å². The van der Waals surface area contributed by atoms with Gasteiger partial charge in [0.2, 0.25) is 0 Å². The second-order valence-electron chi connectivity index (χ2n) is 4.16. The smallest absolute Gasteiger partial charge is 0.128 e. The molecule has 1 aromatic rings. The first-order chi connectivity index (χ1) is 9.08. The molecule has 0 amide bonds. The van der Waals surface area contributed by atoms with Gasteiger partial charge < -0.3 is 15.6 Å². The minimum absolute atomic E-state index is 0.0241. The van der Waals surface area contributed by atoms with Crippen LogP contribution in [0.1, 0.15) is 11.1 Å². The van der Waals surface area contributed by atoms with Crippen molar-refractivity contribution in [2.24, 2.45) is 5.73 Å². The van der Waals surface area contributed by atoms with Crippen molar-refractivity contribution in [3.63, 3.8) is 0 Å². The summed E-state index contributed by atoms with van der Waals surface area (Å²) in [7, 11) is 1.61. The highest BCUT2D eigenvalue weighted by Crippen LogP contribution is 2.13. The van der Waals surface area contributed by atoms with Gasteiger partial charge in [-0.3, -0.25) is 4.90 Å². The summed E-state index contributed by atoms with van der Waals surface area (Å²) < 4.78 is 18.9. The van der Waals surface area contributed by atoms with E-state index >= 15 is 0 Å². The van der Waals surface area contributed by atoms with Gasteiger partial charge in [0.25, 0.3) is 0 Å². The molecule has 0 aliphatic heterocycles. The van der Waals surface area contributed by atoms with Crippen LogP contribution in [0.4, 0.5) is 4.39 Å². The summed E-state index contributed by atoms with van der Waals surface area (Å²) in [5.41, 5.74) is 6.51. The van der Waals surface area contributed by atoms with Crippen molar-refractivity contribution in [1.82, 2.24) is 4.90 Å². The van der Waals surface area contributed by atoms with E-state index in [4.69, 9.17) is 27.8 Å². The minimum atomic E-state index is -0.342. The lowest BCUT2D eigenvalue weighted by molar-refractivity contribution is 0.126. The maximum Gasteiger partial charge on any atom is 0.128 e. The van der Waals surface area contributed by atoms with Crippen LogP contribution >= 0.6 is 12.2 Å². The van der Waals surface area contributed by atoms with Gasteiger partial charge in [-0.2, -0.15) is 0 Å². The summed E-state index contributed by atoms with van der Waals surface area (Å²) in [5.74, 6) is -0.342. The summed E-state index contributed by atoms with van der Waals surface area (Å²) in [6.45, 7) is 2.07. The van der Waals surface area contributed by atoms with Crippen molar-refractivity contribution >= 4 is 17.2 Å². The Morgan fingerprint density at radius 1 is 1.47 bits per heavy atom. The van der Waals surface area contributed by atoms with Crippen molar-refractivity contribution in [2.75, 3.05) is 33.4 Å². The maximum absolute atomic E-state index is 13.9. The fourth-order valence-electron chi connectivity index (χ4n) is 1.70. The summed E-state index contributed by atoms with van der Waals surface area (Å²) in [6.07, 6.45) is 0. The number of aliphatic hydroxyl groups is 1. The van der Waals surface area contributed by atoms with Crippen LogP contribution in [-0.2, 0) is 11.3 Å². The van der Waals surface area contributed by atoms with Gasteiger partial charge in [0.1, 0.15) is 10.8 Å². The van der Waals surface area contributed by atoms with Crippen LogP contribution in [0.15, 0.2) is 18.2 Å². The molecular weight excluding hydrogens is 267 g/mol. The van der Waals surface area contributed by atoms with E-state index in [1.54, 1.807) is 19.2 Å². The fourth-order valence-corrected chi connectivity index (χ4v) is 1.83. The van der Waals surface area contributed by atoms with Crippen LogP contribution in [0.3, 0.4) is 0 Å². The van der Waals surface area contributed by atoms with Crippen LogP contribution in [0, 0.1) is 5.82 Å². The van der Waals surface area contributed by atoms with E-state index in [9.17, 15) is 4.39 Å². The predicted octanol–water partition coefficient (Wildman–Crippen LogP) is 0.901. The molecule has 3 N–H and O–H groups in total. The van der Waals surface area contributed by atoms with Crippen LogP contribution in [0.2, 0.25) is 0 Å². The van der Waals surface area contributed by atoms with E-state index in [-0.39, 0.29) is 17.4 Å². The zero-order chi connectivity index (χ0) is 14.3. The minimum Gasteiger partial charge on any atom is -0.395 e. The van der Waals surface area contributed by atoms with Gasteiger partial charge in [-0.25, -0.2) is 4.39 Å². The third-order valence-corrected chi connectivity index (χ3v) is 3.00. The Labute approximate surface area is 118 Å². The lowest BCUT2D eigenvalue weighted by atomic mass is 10.1. The lowest BCUT2D eigenvalue weighted by Crippen LogP contribution is -2.30. The Morgan fingerprint density at radius 2 is 2.21 bits per heavy atom. The number of ether oxygens (including phenoxy) is 1. The molecule has 0 unspecified atom stereocenters. The standard InChI is InChI=1S/C13H19FN2O2S/c1-18-7-5-16(4-6-17)9-11-3-2-10(13(15)19)8-12(11)14/h2-3,8,17H,4-7,9H2,1H3,(H2,15,19). The quantitative estimate of drug-likeness (QED) is 0.695. The number of hydrogen-bond donors (Lipinski definition) is 2. The van der Waals surface area contributed by atoms with Crippen LogP contribution in [0.25, 0.3) is 0 Å². The molecule has 0 aliphatic carbocycles. The third kappa shape index (κ3) is 5.20. The summed E-state index contributed by atoms with van der Waals surface area (Å²) in [6, 6.07) is 4.71. The Balaban J connectivity index is 2.75. The number of nitrogens with zero attached hydrogens (tertiary/aromatic N) is 1. The molecule has 0 fully saturated rings. The van der Waals surface area contributed by atoms with Gasteiger partial charge in [-0.1, -0.05) is 24.4 Å². The molecule has 0 saturated carbocycles. The normalized spacial score (nSPS) is 10.9. The largest absolute Gasteiger partial charge is 0.395 e. The molecule has 0 aliphatic rings. The molecule has 6 heteroatoms. The molecule has 0 saturated heterocycles.